The van der Waals surface area contributed by atoms with Crippen molar-refractivity contribution in [3.8, 4) is 51.5 Å². The first-order chi connectivity index (χ1) is 26.7. The van der Waals surface area contributed by atoms with E-state index in [1.54, 1.807) is 6.20 Å². The van der Waals surface area contributed by atoms with Crippen LogP contribution in [0.5, 0.6) is 11.5 Å². The third-order valence-corrected chi connectivity index (χ3v) is 9.53. The van der Waals surface area contributed by atoms with Crippen molar-refractivity contribution in [1.29, 1.82) is 0 Å². The van der Waals surface area contributed by atoms with E-state index >= 15 is 0 Å². The van der Waals surface area contributed by atoms with E-state index in [1.165, 1.54) is 0 Å². The van der Waals surface area contributed by atoms with Crippen molar-refractivity contribution in [1.82, 2.24) is 24.5 Å². The van der Waals surface area contributed by atoms with Crippen molar-refractivity contribution >= 4 is 38.9 Å². The van der Waals surface area contributed by atoms with Gasteiger partial charge in [0, 0.05) is 66.8 Å². The van der Waals surface area contributed by atoms with Crippen LogP contribution in [0.3, 0.4) is 0 Å². The quantitative estimate of drug-likeness (QED) is 0.148. The molecule has 0 radical (unpaired) electrons. The second kappa shape index (κ2) is 14.3. The number of pyridine rings is 1. The average Bonchev–Trinajstić information content (AvgIpc) is 3.75. The number of benzene rings is 6. The molecule has 0 saturated heterocycles. The van der Waals surface area contributed by atoms with E-state index in [4.69, 9.17) is 24.7 Å². The molecule has 0 spiro atoms. The maximum Gasteiger partial charge on any atom is 0.162 e. The van der Waals surface area contributed by atoms with Gasteiger partial charge in [-0.1, -0.05) is 103 Å². The van der Waals surface area contributed by atoms with Crippen LogP contribution in [0.15, 0.2) is 158 Å². The summed E-state index contributed by atoms with van der Waals surface area (Å²) in [5.41, 5.74) is 7.25. The number of ether oxygens (including phenoxy) is 1. The number of aromatic nitrogens is 5. The number of fused-ring (bicyclic) bond motifs is 4. The zero-order valence-corrected chi connectivity index (χ0v) is 31.7. The fourth-order valence-corrected chi connectivity index (χ4v) is 7.02. The Hall–Kier alpha value is -6.63. The maximum atomic E-state index is 6.87. The molecule has 0 bridgehead atoms. The van der Waals surface area contributed by atoms with Crippen molar-refractivity contribution in [3.05, 3.63) is 177 Å². The number of anilines is 3. The molecule has 8 nitrogen and oxygen atoms in total. The largest absolute Gasteiger partial charge is 0.508 e. The summed E-state index contributed by atoms with van der Waals surface area (Å²) in [6, 6.07) is 57.6. The first kappa shape index (κ1) is 34.2. The van der Waals surface area contributed by atoms with Gasteiger partial charge in [0.15, 0.2) is 11.6 Å². The predicted octanol–water partition coefficient (Wildman–Crippen LogP) is 10.5. The maximum absolute atomic E-state index is 6.87. The third kappa shape index (κ3) is 6.20. The van der Waals surface area contributed by atoms with Crippen molar-refractivity contribution in [3.63, 3.8) is 0 Å². The van der Waals surface area contributed by atoms with Gasteiger partial charge in [-0.05, 0) is 48.3 Å². The Kier molecular flexibility index (Phi) is 8.89. The van der Waals surface area contributed by atoms with Crippen LogP contribution in [0.2, 0.25) is 0 Å². The summed E-state index contributed by atoms with van der Waals surface area (Å²) in [7, 11) is 2.04. The first-order valence-corrected chi connectivity index (χ1v) is 17.6. The molecule has 6 aromatic carbocycles. The molecule has 10 rings (SSSR count). The van der Waals surface area contributed by atoms with Gasteiger partial charge in [0.05, 0.1) is 0 Å². The topological polar surface area (TPSA) is 72.2 Å². The van der Waals surface area contributed by atoms with Crippen LogP contribution in [0, 0.1) is 18.8 Å². The van der Waals surface area contributed by atoms with Gasteiger partial charge in [-0.3, -0.25) is 0 Å². The molecule has 0 fully saturated rings. The molecular weight excluding hydrogens is 862 g/mol. The summed E-state index contributed by atoms with van der Waals surface area (Å²) in [5, 5.41) is 2.01. The minimum absolute atomic E-state index is 0. The third-order valence-electron chi connectivity index (χ3n) is 9.53. The Labute approximate surface area is 332 Å². The summed E-state index contributed by atoms with van der Waals surface area (Å²) in [5.74, 6) is 3.32. The first-order valence-electron chi connectivity index (χ1n) is 17.6. The molecule has 0 aliphatic carbocycles. The van der Waals surface area contributed by atoms with E-state index in [2.05, 4.69) is 63.5 Å². The van der Waals surface area contributed by atoms with Gasteiger partial charge in [-0.25, -0.2) is 19.9 Å². The fourth-order valence-electron chi connectivity index (χ4n) is 7.02. The Morgan fingerprint density at radius 2 is 1.25 bits per heavy atom. The Bertz CT molecular complexity index is 2750. The van der Waals surface area contributed by atoms with Crippen molar-refractivity contribution in [2.45, 2.75) is 0 Å². The van der Waals surface area contributed by atoms with Crippen LogP contribution in [0.25, 0.3) is 61.8 Å². The van der Waals surface area contributed by atoms with Gasteiger partial charge in [-0.2, -0.15) is 12.7 Å². The second-order valence-corrected chi connectivity index (χ2v) is 12.9. The molecule has 0 atom stereocenters. The minimum atomic E-state index is 0. The van der Waals surface area contributed by atoms with E-state index in [1.807, 2.05) is 128 Å². The SMILES string of the molecule is CN1[CH-]N(c2[c-]c(Oc3[c-]c4c(cc3-c3nc(-c5ccccc5)nc(-c5ccccc5)n3)c3ccccc3n4-c3ccccn3)ccc2)c2ccccc21.[Pt]. The Morgan fingerprint density at radius 3 is 1.98 bits per heavy atom. The summed E-state index contributed by atoms with van der Waals surface area (Å²) >= 11 is 0. The van der Waals surface area contributed by atoms with Crippen LogP contribution in [-0.2, 0) is 21.1 Å². The fraction of sp³-hybridized carbons (Fsp3) is 0.0217. The molecule has 0 N–H and O–H groups in total. The molecule has 3 aromatic heterocycles. The van der Waals surface area contributed by atoms with E-state index in [0.29, 0.717) is 34.5 Å². The summed E-state index contributed by atoms with van der Waals surface area (Å²) < 4.78 is 8.98. The molecule has 55 heavy (non-hydrogen) atoms. The standard InChI is InChI=1S/C46H30N7O.Pt/c1-51-30-52(40-24-11-10-23-39(40)51)33-19-14-20-34(27-33)54-42-29-41-36(35-21-8-9-22-38(35)53(41)43-25-12-13-26-47-43)28-37(42)46-49-44(31-15-4-2-5-16-31)48-45(50-46)32-17-6-3-7-18-32;/h2-26,28,30H,1H3;/q-3;. The molecular formula is C46H30N7OPt-3. The van der Waals surface area contributed by atoms with Gasteiger partial charge in [0.2, 0.25) is 0 Å². The van der Waals surface area contributed by atoms with Crippen molar-refractivity contribution in [2.75, 3.05) is 16.8 Å². The number of hydrogen-bond donors (Lipinski definition) is 0. The van der Waals surface area contributed by atoms with E-state index < -0.39 is 0 Å². The number of nitrogens with zero attached hydrogens (tertiary/aromatic N) is 7. The molecule has 0 unspecified atom stereocenters. The van der Waals surface area contributed by atoms with Crippen LogP contribution in [0.1, 0.15) is 0 Å². The normalized spacial score (nSPS) is 12.2. The number of rotatable bonds is 7. The van der Waals surface area contributed by atoms with Crippen LogP contribution >= 0.6 is 0 Å². The monoisotopic (exact) mass is 891 g/mol. The van der Waals surface area contributed by atoms with Crippen molar-refractivity contribution < 1.29 is 25.8 Å². The van der Waals surface area contributed by atoms with Crippen LogP contribution in [-0.4, -0.2) is 31.6 Å². The Morgan fingerprint density at radius 1 is 0.600 bits per heavy atom. The van der Waals surface area contributed by atoms with Gasteiger partial charge < -0.3 is 19.1 Å². The molecule has 0 saturated carbocycles. The van der Waals surface area contributed by atoms with Gasteiger partial charge in [-0.15, -0.1) is 41.4 Å². The molecule has 4 heterocycles. The van der Waals surface area contributed by atoms with E-state index in [0.717, 1.165) is 55.8 Å². The number of para-hydroxylation sites is 3. The van der Waals surface area contributed by atoms with Gasteiger partial charge in [0.1, 0.15) is 11.6 Å². The Balaban J connectivity index is 0.00000397. The zero-order valence-electron chi connectivity index (χ0n) is 29.4. The smallest absolute Gasteiger partial charge is 0.162 e. The van der Waals surface area contributed by atoms with Gasteiger partial charge in [0.25, 0.3) is 0 Å². The second-order valence-electron chi connectivity index (χ2n) is 12.9. The molecule has 9 aromatic rings. The van der Waals surface area contributed by atoms with E-state index in [9.17, 15) is 0 Å². The average molecular weight is 892 g/mol. The summed E-state index contributed by atoms with van der Waals surface area (Å²) in [6.07, 6.45) is 1.80. The van der Waals surface area contributed by atoms with E-state index in [-0.39, 0.29) is 21.1 Å². The minimum Gasteiger partial charge on any atom is -0.508 e. The molecule has 268 valence electrons. The summed E-state index contributed by atoms with van der Waals surface area (Å²) in [6.45, 7) is 2.05. The zero-order chi connectivity index (χ0) is 36.0. The number of hydrogen-bond acceptors (Lipinski definition) is 7. The van der Waals surface area contributed by atoms with Crippen LogP contribution in [0.4, 0.5) is 17.1 Å². The van der Waals surface area contributed by atoms with Crippen LogP contribution < -0.4 is 14.5 Å². The van der Waals surface area contributed by atoms with Gasteiger partial charge >= 0.3 is 0 Å². The predicted molar refractivity (Wildman–Crippen MR) is 214 cm³/mol. The summed E-state index contributed by atoms with van der Waals surface area (Å²) in [4.78, 5) is 24.1. The molecule has 9 heteroatoms. The molecule has 0 amide bonds. The molecule has 1 aliphatic heterocycles. The van der Waals surface area contributed by atoms with Crippen molar-refractivity contribution in [2.24, 2.45) is 0 Å². The molecule has 1 aliphatic rings.